The maximum Gasteiger partial charge on any atom is 0.222 e. The van der Waals surface area contributed by atoms with E-state index in [2.05, 4.69) is 10.6 Å². The molecule has 0 radical (unpaired) electrons. The van der Waals surface area contributed by atoms with E-state index < -0.39 is 17.7 Å². The normalized spacial score (nSPS) is 20.0. The first-order chi connectivity index (χ1) is 10.1. The van der Waals surface area contributed by atoms with E-state index in [9.17, 15) is 13.6 Å². The van der Waals surface area contributed by atoms with Crippen molar-refractivity contribution in [2.45, 2.75) is 31.8 Å². The number of amides is 1. The molecule has 1 saturated heterocycles. The fourth-order valence-electron chi connectivity index (χ4n) is 2.41. The molecule has 1 aromatic rings. The third-order valence-corrected chi connectivity index (χ3v) is 4.64. The number of hydrogen-bond donors (Lipinski definition) is 2. The van der Waals surface area contributed by atoms with Crippen LogP contribution in [0.2, 0.25) is 0 Å². The molecular formula is C15H20F2N2OS. The maximum absolute atomic E-state index is 13.8. The minimum absolute atomic E-state index is 0.106. The van der Waals surface area contributed by atoms with Crippen molar-refractivity contribution < 1.29 is 13.6 Å². The van der Waals surface area contributed by atoms with Gasteiger partial charge in [-0.15, -0.1) is 0 Å². The van der Waals surface area contributed by atoms with Crippen molar-refractivity contribution in [1.29, 1.82) is 0 Å². The van der Waals surface area contributed by atoms with Crippen molar-refractivity contribution in [3.63, 3.8) is 0 Å². The van der Waals surface area contributed by atoms with E-state index in [4.69, 9.17) is 0 Å². The van der Waals surface area contributed by atoms with Crippen molar-refractivity contribution in [3.8, 4) is 0 Å². The Morgan fingerprint density at radius 3 is 2.95 bits per heavy atom. The first-order valence-electron chi connectivity index (χ1n) is 7.15. The Morgan fingerprint density at radius 2 is 2.33 bits per heavy atom. The molecule has 2 N–H and O–H groups in total. The van der Waals surface area contributed by atoms with E-state index in [0.717, 1.165) is 24.1 Å². The average Bonchev–Trinajstić information content (AvgIpc) is 2.46. The Bertz CT molecular complexity index is 493. The Morgan fingerprint density at radius 1 is 1.52 bits per heavy atom. The van der Waals surface area contributed by atoms with Gasteiger partial charge in [0.15, 0.2) is 0 Å². The summed E-state index contributed by atoms with van der Waals surface area (Å²) in [6, 6.07) is 3.21. The lowest BCUT2D eigenvalue weighted by molar-refractivity contribution is -0.122. The molecule has 0 aromatic heterocycles. The Balaban J connectivity index is 1.96. The van der Waals surface area contributed by atoms with Gasteiger partial charge in [-0.05, 0) is 12.5 Å². The molecular weight excluding hydrogens is 294 g/mol. The second-order valence-electron chi connectivity index (χ2n) is 5.12. The van der Waals surface area contributed by atoms with Gasteiger partial charge in [0.25, 0.3) is 0 Å². The second-order valence-corrected chi connectivity index (χ2v) is 6.27. The van der Waals surface area contributed by atoms with Crippen LogP contribution in [0.25, 0.3) is 0 Å². The van der Waals surface area contributed by atoms with Gasteiger partial charge in [0.1, 0.15) is 11.6 Å². The van der Waals surface area contributed by atoms with Gasteiger partial charge in [0.2, 0.25) is 5.91 Å². The minimum atomic E-state index is -0.617. The summed E-state index contributed by atoms with van der Waals surface area (Å²) in [4.78, 5) is 12.1. The third kappa shape index (κ3) is 4.68. The van der Waals surface area contributed by atoms with E-state index in [1.54, 1.807) is 0 Å². The lowest BCUT2D eigenvalue weighted by Gasteiger charge is -2.24. The predicted octanol–water partition coefficient (Wildman–Crippen LogP) is 2.63. The molecule has 1 aliphatic heterocycles. The zero-order chi connectivity index (χ0) is 15.2. The lowest BCUT2D eigenvalue weighted by atomic mass is 10.0. The Kier molecular flexibility index (Phi) is 5.99. The summed E-state index contributed by atoms with van der Waals surface area (Å²) in [5, 5.41) is 6.13. The lowest BCUT2D eigenvalue weighted by Crippen LogP contribution is -2.42. The second kappa shape index (κ2) is 7.75. The van der Waals surface area contributed by atoms with Crippen LogP contribution in [0.1, 0.15) is 31.4 Å². The monoisotopic (exact) mass is 314 g/mol. The fraction of sp³-hybridized carbons (Fsp3) is 0.533. The summed E-state index contributed by atoms with van der Waals surface area (Å²) in [6.07, 6.45) is 0.938. The number of halogens is 2. The molecule has 1 heterocycles. The standard InChI is InChI=1S/C15H20F2N2OS/c1-2-14(12-4-3-10(16)7-13(12)17)19-15(20)8-11-9-21-6-5-18-11/h3-4,7,11,14,18H,2,5-6,8-9H2,1H3,(H,19,20). The van der Waals surface area contributed by atoms with E-state index in [1.165, 1.54) is 12.1 Å². The molecule has 6 heteroatoms. The van der Waals surface area contributed by atoms with E-state index in [0.29, 0.717) is 18.4 Å². The topological polar surface area (TPSA) is 41.1 Å². The molecule has 21 heavy (non-hydrogen) atoms. The first kappa shape index (κ1) is 16.2. The maximum atomic E-state index is 13.8. The van der Waals surface area contributed by atoms with Gasteiger partial charge in [-0.25, -0.2) is 8.78 Å². The Hall–Kier alpha value is -1.14. The molecule has 116 valence electrons. The molecule has 3 nitrogen and oxygen atoms in total. The van der Waals surface area contributed by atoms with E-state index >= 15 is 0 Å². The van der Waals surface area contributed by atoms with Crippen LogP contribution in [0.15, 0.2) is 18.2 Å². The van der Waals surface area contributed by atoms with Crippen LogP contribution in [0.5, 0.6) is 0 Å². The van der Waals surface area contributed by atoms with Crippen molar-refractivity contribution >= 4 is 17.7 Å². The van der Waals surface area contributed by atoms with Crippen LogP contribution in [0.4, 0.5) is 8.78 Å². The molecule has 1 fully saturated rings. The zero-order valence-electron chi connectivity index (χ0n) is 12.0. The summed E-state index contributed by atoms with van der Waals surface area (Å²) >= 11 is 1.83. The predicted molar refractivity (Wildman–Crippen MR) is 81.3 cm³/mol. The highest BCUT2D eigenvalue weighted by atomic mass is 32.2. The van der Waals surface area contributed by atoms with Crippen molar-refractivity contribution in [2.75, 3.05) is 18.1 Å². The van der Waals surface area contributed by atoms with Crippen LogP contribution in [-0.4, -0.2) is 30.0 Å². The smallest absolute Gasteiger partial charge is 0.222 e. The summed E-state index contributed by atoms with van der Waals surface area (Å²) in [7, 11) is 0. The fourth-order valence-corrected chi connectivity index (χ4v) is 3.36. The number of rotatable bonds is 5. The quantitative estimate of drug-likeness (QED) is 0.878. The molecule has 1 aromatic carbocycles. The largest absolute Gasteiger partial charge is 0.349 e. The Labute approximate surface area is 127 Å². The number of carbonyl (C=O) groups is 1. The summed E-state index contributed by atoms with van der Waals surface area (Å²) in [6.45, 7) is 2.77. The van der Waals surface area contributed by atoms with Crippen LogP contribution in [0.3, 0.4) is 0 Å². The molecule has 1 aliphatic rings. The average molecular weight is 314 g/mol. The molecule has 0 bridgehead atoms. The number of thioether (sulfide) groups is 1. The minimum Gasteiger partial charge on any atom is -0.349 e. The van der Waals surface area contributed by atoms with Crippen molar-refractivity contribution in [3.05, 3.63) is 35.4 Å². The van der Waals surface area contributed by atoms with Crippen molar-refractivity contribution in [2.24, 2.45) is 0 Å². The molecule has 2 unspecified atom stereocenters. The van der Waals surface area contributed by atoms with Crippen LogP contribution in [0, 0.1) is 11.6 Å². The van der Waals surface area contributed by atoms with Gasteiger partial charge in [-0.3, -0.25) is 4.79 Å². The highest BCUT2D eigenvalue weighted by Crippen LogP contribution is 2.21. The molecule has 1 amide bonds. The highest BCUT2D eigenvalue weighted by Gasteiger charge is 2.20. The van der Waals surface area contributed by atoms with Crippen LogP contribution < -0.4 is 10.6 Å². The molecule has 2 rings (SSSR count). The summed E-state index contributed by atoms with van der Waals surface area (Å²) in [5.41, 5.74) is 0.332. The van der Waals surface area contributed by atoms with Crippen molar-refractivity contribution in [1.82, 2.24) is 10.6 Å². The number of carbonyl (C=O) groups excluding carboxylic acids is 1. The van der Waals surface area contributed by atoms with Gasteiger partial charge in [-0.1, -0.05) is 13.0 Å². The number of benzene rings is 1. The third-order valence-electron chi connectivity index (χ3n) is 3.51. The van der Waals surface area contributed by atoms with Gasteiger partial charge in [0.05, 0.1) is 6.04 Å². The van der Waals surface area contributed by atoms with Crippen LogP contribution >= 0.6 is 11.8 Å². The molecule has 2 atom stereocenters. The SMILES string of the molecule is CCC(NC(=O)CC1CSCCN1)c1ccc(F)cc1F. The van der Waals surface area contributed by atoms with Gasteiger partial charge in [0, 0.05) is 42.1 Å². The molecule has 0 saturated carbocycles. The zero-order valence-corrected chi connectivity index (χ0v) is 12.8. The van der Waals surface area contributed by atoms with E-state index in [1.807, 2.05) is 18.7 Å². The highest BCUT2D eigenvalue weighted by molar-refractivity contribution is 7.99. The summed E-state index contributed by atoms with van der Waals surface area (Å²) in [5.74, 6) is 0.644. The molecule has 0 aliphatic carbocycles. The van der Waals surface area contributed by atoms with Crippen LogP contribution in [-0.2, 0) is 4.79 Å². The van der Waals surface area contributed by atoms with Gasteiger partial charge in [-0.2, -0.15) is 11.8 Å². The van der Waals surface area contributed by atoms with Gasteiger partial charge < -0.3 is 10.6 Å². The number of nitrogens with one attached hydrogen (secondary N) is 2. The molecule has 0 spiro atoms. The first-order valence-corrected chi connectivity index (χ1v) is 8.31. The summed E-state index contributed by atoms with van der Waals surface area (Å²) < 4.78 is 26.7. The number of hydrogen-bond acceptors (Lipinski definition) is 3. The van der Waals surface area contributed by atoms with Gasteiger partial charge >= 0.3 is 0 Å². The van der Waals surface area contributed by atoms with E-state index in [-0.39, 0.29) is 11.9 Å².